The number of aryl methyl sites for hydroxylation is 1. The van der Waals surface area contributed by atoms with Crippen molar-refractivity contribution in [3.8, 4) is 22.3 Å². The minimum Gasteiger partial charge on any atom is -0.465 e. The Labute approximate surface area is 296 Å². The van der Waals surface area contributed by atoms with Gasteiger partial charge in [-0.15, -0.1) is 0 Å². The number of amides is 4. The molecule has 0 saturated heterocycles. The fourth-order valence-electron chi connectivity index (χ4n) is 4.74. The van der Waals surface area contributed by atoms with Gasteiger partial charge in [-0.05, 0) is 63.6 Å². The first-order valence-electron chi connectivity index (χ1n) is 15.6. The van der Waals surface area contributed by atoms with Crippen LogP contribution in [0.2, 0.25) is 0 Å². The maximum atomic E-state index is 14.5. The van der Waals surface area contributed by atoms with Crippen molar-refractivity contribution < 1.29 is 32.3 Å². The lowest BCUT2D eigenvalue weighted by atomic mass is 10.1. The molecule has 14 nitrogen and oxygen atoms in total. The van der Waals surface area contributed by atoms with Crippen molar-refractivity contribution in [1.82, 2.24) is 30.4 Å². The molecule has 51 heavy (non-hydrogen) atoms. The van der Waals surface area contributed by atoms with Crippen LogP contribution in [-0.2, 0) is 16.1 Å². The minimum atomic E-state index is -0.540. The molecule has 0 spiro atoms. The largest absolute Gasteiger partial charge is 0.465 e. The Balaban J connectivity index is 0.000000199. The molecule has 0 saturated carbocycles. The van der Waals surface area contributed by atoms with Crippen molar-refractivity contribution in [1.29, 1.82) is 0 Å². The van der Waals surface area contributed by atoms with Crippen LogP contribution in [-0.4, -0.2) is 57.5 Å². The number of benzene rings is 2. The molecule has 0 bridgehead atoms. The minimum absolute atomic E-state index is 0.0466. The van der Waals surface area contributed by atoms with E-state index in [9.17, 15) is 28.0 Å². The molecule has 6 rings (SSSR count). The van der Waals surface area contributed by atoms with Gasteiger partial charge < -0.3 is 19.8 Å². The van der Waals surface area contributed by atoms with Gasteiger partial charge in [0, 0.05) is 42.0 Å². The number of ether oxygens (including phenoxy) is 1. The van der Waals surface area contributed by atoms with Gasteiger partial charge >= 0.3 is 23.7 Å². The molecule has 4 heterocycles. The number of nitrogens with one attached hydrogen (secondary N) is 4. The lowest BCUT2D eigenvalue weighted by molar-refractivity contribution is -0.144. The molecule has 4 aromatic heterocycles. The number of thiazole rings is 2. The summed E-state index contributed by atoms with van der Waals surface area (Å²) >= 11 is 2.36. The fraction of sp³-hybridized carbons (Fsp3) is 0.242. The molecule has 0 aliphatic carbocycles. The van der Waals surface area contributed by atoms with Crippen LogP contribution in [0.5, 0.6) is 0 Å². The predicted molar refractivity (Wildman–Crippen MR) is 191 cm³/mol. The van der Waals surface area contributed by atoms with Crippen molar-refractivity contribution in [2.75, 3.05) is 30.3 Å². The van der Waals surface area contributed by atoms with Crippen LogP contribution < -0.4 is 26.9 Å². The van der Waals surface area contributed by atoms with Crippen LogP contribution in [0.25, 0.3) is 42.7 Å². The van der Waals surface area contributed by atoms with E-state index in [1.165, 1.54) is 51.8 Å². The monoisotopic (exact) mass is 738 g/mol. The van der Waals surface area contributed by atoms with Crippen molar-refractivity contribution >= 4 is 71.4 Å². The number of urea groups is 2. The second-order valence-corrected chi connectivity index (χ2v) is 12.7. The van der Waals surface area contributed by atoms with E-state index >= 15 is 0 Å². The Morgan fingerprint density at radius 2 is 1.37 bits per heavy atom. The number of fused-ring (bicyclic) bond motifs is 2. The zero-order valence-corrected chi connectivity index (χ0v) is 29.4. The zero-order valence-electron chi connectivity index (χ0n) is 27.8. The number of carbonyl (C=O) groups is 3. The molecular weight excluding hydrogens is 707 g/mol. The van der Waals surface area contributed by atoms with E-state index in [1.807, 2.05) is 6.92 Å². The topological polar surface area (TPSA) is 182 Å². The number of hydrogen-bond acceptors (Lipinski definition) is 11. The maximum Gasteiger partial charge on any atom is 0.336 e. The summed E-state index contributed by atoms with van der Waals surface area (Å²) in [7, 11) is 0. The first-order chi connectivity index (χ1) is 24.5. The lowest BCUT2D eigenvalue weighted by Gasteiger charge is -2.03. The highest BCUT2D eigenvalue weighted by Gasteiger charge is 2.16. The third-order valence-electron chi connectivity index (χ3n) is 6.82. The number of hydrogen-bond donors (Lipinski definition) is 4. The van der Waals surface area contributed by atoms with Crippen LogP contribution in [0.1, 0.15) is 26.5 Å². The van der Waals surface area contributed by atoms with E-state index in [1.54, 1.807) is 45.2 Å². The standard InChI is InChI=1S/C17H18FN5O3S.C16H14FN3O3S/c1-3-19-16(25)22-17-21-13-5-11(12(18)6-14(13)27-17)10-7-20-23(8-10)9-15(24)26-4-2;1-3-18-15(22)20-16-19-12-6-10(11(17)7-13(12)24-16)9-4-8(2)23-14(21)5-9/h5-8H,3-4,9H2,1-2H3,(H2,19,21,22,25);4-7H,3H2,1-2H3,(H2,18,19,20,22). The molecule has 0 aliphatic heterocycles. The van der Waals surface area contributed by atoms with Crippen LogP contribution >= 0.6 is 22.7 Å². The summed E-state index contributed by atoms with van der Waals surface area (Å²) in [6.07, 6.45) is 3.05. The Morgan fingerprint density at radius 1 is 0.824 bits per heavy atom. The summed E-state index contributed by atoms with van der Waals surface area (Å²) in [6.45, 7) is 8.18. The van der Waals surface area contributed by atoms with Crippen molar-refractivity contribution in [3.63, 3.8) is 0 Å². The van der Waals surface area contributed by atoms with Crippen LogP contribution in [0.4, 0.5) is 28.6 Å². The number of carbonyl (C=O) groups excluding carboxylic acids is 3. The van der Waals surface area contributed by atoms with Gasteiger partial charge in [0.2, 0.25) is 0 Å². The molecule has 0 fully saturated rings. The van der Waals surface area contributed by atoms with E-state index in [2.05, 4.69) is 36.3 Å². The number of aromatic nitrogens is 4. The predicted octanol–water partition coefficient (Wildman–Crippen LogP) is 6.51. The van der Waals surface area contributed by atoms with Crippen molar-refractivity contribution in [2.45, 2.75) is 34.2 Å². The number of anilines is 2. The van der Waals surface area contributed by atoms with Gasteiger partial charge in [-0.3, -0.25) is 20.1 Å². The number of esters is 1. The molecule has 2 aromatic carbocycles. The molecule has 4 amide bonds. The summed E-state index contributed by atoms with van der Waals surface area (Å²) in [6, 6.07) is 7.95. The number of halogens is 2. The third kappa shape index (κ3) is 9.28. The average Bonchev–Trinajstić information content (AvgIpc) is 3.78. The maximum absolute atomic E-state index is 14.5. The quantitative estimate of drug-likeness (QED) is 0.120. The zero-order chi connectivity index (χ0) is 36.7. The molecule has 0 radical (unpaired) electrons. The average molecular weight is 739 g/mol. The number of rotatable bonds is 9. The third-order valence-corrected chi connectivity index (χ3v) is 8.68. The molecule has 266 valence electrons. The van der Waals surface area contributed by atoms with Gasteiger partial charge in [-0.1, -0.05) is 22.7 Å². The first kappa shape index (κ1) is 36.5. The van der Waals surface area contributed by atoms with Gasteiger partial charge in [0.25, 0.3) is 0 Å². The van der Waals surface area contributed by atoms with E-state index in [4.69, 9.17) is 9.15 Å². The van der Waals surface area contributed by atoms with Gasteiger partial charge in [0.15, 0.2) is 10.3 Å². The summed E-state index contributed by atoms with van der Waals surface area (Å²) in [4.78, 5) is 54.8. The van der Waals surface area contributed by atoms with E-state index < -0.39 is 23.2 Å². The van der Waals surface area contributed by atoms with Crippen LogP contribution in [0.3, 0.4) is 0 Å². The molecular formula is C33H32F2N8O6S2. The van der Waals surface area contributed by atoms with Gasteiger partial charge in [0.05, 0.1) is 33.2 Å². The van der Waals surface area contributed by atoms with E-state index in [-0.39, 0.29) is 30.8 Å². The smallest absolute Gasteiger partial charge is 0.336 e. The summed E-state index contributed by atoms with van der Waals surface area (Å²) in [5.74, 6) is -0.926. The first-order valence-corrected chi connectivity index (χ1v) is 17.2. The molecule has 18 heteroatoms. The highest BCUT2D eigenvalue weighted by molar-refractivity contribution is 7.22. The lowest BCUT2D eigenvalue weighted by Crippen LogP contribution is -2.28. The second kappa shape index (κ2) is 16.3. The van der Waals surface area contributed by atoms with Gasteiger partial charge in [0.1, 0.15) is 23.9 Å². The van der Waals surface area contributed by atoms with Crippen LogP contribution in [0.15, 0.2) is 58.0 Å². The fourth-order valence-corrected chi connectivity index (χ4v) is 6.48. The summed E-state index contributed by atoms with van der Waals surface area (Å²) < 4.78 is 41.3. The van der Waals surface area contributed by atoms with E-state index in [0.29, 0.717) is 66.2 Å². The Hall–Kier alpha value is -5.75. The van der Waals surface area contributed by atoms with Crippen LogP contribution in [0, 0.1) is 18.6 Å². The van der Waals surface area contributed by atoms with Crippen molar-refractivity contribution in [3.05, 3.63) is 76.6 Å². The Morgan fingerprint density at radius 3 is 1.88 bits per heavy atom. The SMILES string of the molecule is CCNC(=O)Nc1nc2cc(-c3cc(C)oc(=O)c3)c(F)cc2s1.CCNC(=O)Nc1nc2cc(-c3cnn(CC(=O)OCC)c3)c(F)cc2s1. The molecule has 4 N–H and O–H groups in total. The highest BCUT2D eigenvalue weighted by Crippen LogP contribution is 2.33. The summed E-state index contributed by atoms with van der Waals surface area (Å²) in [5, 5.41) is 15.2. The molecule has 6 aromatic rings. The van der Waals surface area contributed by atoms with Gasteiger partial charge in [-0.25, -0.2) is 33.1 Å². The second-order valence-electron chi connectivity index (χ2n) is 10.6. The molecule has 0 unspecified atom stereocenters. The summed E-state index contributed by atoms with van der Waals surface area (Å²) in [5.41, 5.74) is 2.07. The Bertz CT molecular complexity index is 2280. The number of nitrogens with zero attached hydrogens (tertiary/aromatic N) is 4. The van der Waals surface area contributed by atoms with E-state index in [0.717, 1.165) is 0 Å². The normalized spacial score (nSPS) is 10.8. The molecule has 0 aliphatic rings. The van der Waals surface area contributed by atoms with Crippen molar-refractivity contribution in [2.24, 2.45) is 0 Å². The van der Waals surface area contributed by atoms with Gasteiger partial charge in [-0.2, -0.15) is 5.10 Å². The molecule has 0 atom stereocenters. The highest BCUT2D eigenvalue weighted by atomic mass is 32.1. The Kier molecular flexibility index (Phi) is 11.7.